The average molecular weight is 324 g/mol. The van der Waals surface area contributed by atoms with Crippen LogP contribution in [0.25, 0.3) is 0 Å². The van der Waals surface area contributed by atoms with Crippen molar-refractivity contribution in [3.63, 3.8) is 0 Å². The number of para-hydroxylation sites is 1. The highest BCUT2D eigenvalue weighted by Gasteiger charge is 2.19. The van der Waals surface area contributed by atoms with Crippen molar-refractivity contribution in [2.24, 2.45) is 0 Å². The number of nitrogens with zero attached hydrogens (tertiary/aromatic N) is 2. The van der Waals surface area contributed by atoms with E-state index in [0.29, 0.717) is 25.1 Å². The van der Waals surface area contributed by atoms with Gasteiger partial charge < -0.3 is 4.90 Å². The van der Waals surface area contributed by atoms with Crippen molar-refractivity contribution in [3.05, 3.63) is 30.3 Å². The van der Waals surface area contributed by atoms with Gasteiger partial charge in [-0.15, -0.1) is 0 Å². The molecule has 0 atom stereocenters. The summed E-state index contributed by atoms with van der Waals surface area (Å²) >= 11 is 0. The third-order valence-electron chi connectivity index (χ3n) is 3.91. The molecule has 6 heteroatoms. The maximum Gasteiger partial charge on any atom is 0.232 e. The maximum absolute atomic E-state index is 12.1. The first-order chi connectivity index (χ1) is 10.5. The van der Waals surface area contributed by atoms with Crippen LogP contribution in [0.1, 0.15) is 32.1 Å². The molecular weight excluding hydrogens is 300 g/mol. The molecule has 0 aromatic heterocycles. The van der Waals surface area contributed by atoms with Gasteiger partial charge in [-0.1, -0.05) is 18.2 Å². The Morgan fingerprint density at radius 1 is 1.14 bits per heavy atom. The number of rotatable bonds is 6. The van der Waals surface area contributed by atoms with Gasteiger partial charge in [-0.05, 0) is 37.8 Å². The van der Waals surface area contributed by atoms with E-state index in [9.17, 15) is 13.2 Å². The number of hydrogen-bond acceptors (Lipinski definition) is 3. The molecule has 0 aliphatic carbocycles. The molecule has 0 N–H and O–H groups in total. The van der Waals surface area contributed by atoms with Gasteiger partial charge in [0.15, 0.2) is 0 Å². The maximum atomic E-state index is 12.1. The summed E-state index contributed by atoms with van der Waals surface area (Å²) in [4.78, 5) is 14.0. The highest BCUT2D eigenvalue weighted by Crippen LogP contribution is 2.18. The minimum Gasteiger partial charge on any atom is -0.343 e. The van der Waals surface area contributed by atoms with Crippen molar-refractivity contribution in [3.8, 4) is 0 Å². The SMILES string of the molecule is CS(=O)(=O)N(CCCC(=O)N1CCCCC1)c1ccccc1. The second-order valence-corrected chi connectivity index (χ2v) is 7.62. The van der Waals surface area contributed by atoms with Crippen molar-refractivity contribution < 1.29 is 13.2 Å². The van der Waals surface area contributed by atoms with Crippen molar-refractivity contribution in [2.75, 3.05) is 30.2 Å². The lowest BCUT2D eigenvalue weighted by Crippen LogP contribution is -2.36. The molecule has 122 valence electrons. The van der Waals surface area contributed by atoms with Gasteiger partial charge in [0.1, 0.15) is 0 Å². The van der Waals surface area contributed by atoms with E-state index in [-0.39, 0.29) is 5.91 Å². The first-order valence-electron chi connectivity index (χ1n) is 7.79. The number of carbonyl (C=O) groups is 1. The zero-order chi connectivity index (χ0) is 16.0. The summed E-state index contributed by atoms with van der Waals surface area (Å²) in [6.07, 6.45) is 5.48. The van der Waals surface area contributed by atoms with Crippen molar-refractivity contribution >= 4 is 21.6 Å². The predicted octanol–water partition coefficient (Wildman–Crippen LogP) is 2.25. The fourth-order valence-corrected chi connectivity index (χ4v) is 3.72. The molecule has 2 rings (SSSR count). The quantitative estimate of drug-likeness (QED) is 0.806. The molecular formula is C16H24N2O3S. The Morgan fingerprint density at radius 2 is 1.77 bits per heavy atom. The van der Waals surface area contributed by atoms with Gasteiger partial charge in [0.05, 0.1) is 11.9 Å². The molecule has 1 fully saturated rings. The number of benzene rings is 1. The van der Waals surface area contributed by atoms with Crippen LogP contribution in [0.4, 0.5) is 5.69 Å². The lowest BCUT2D eigenvalue weighted by atomic mass is 10.1. The van der Waals surface area contributed by atoms with Crippen LogP contribution in [-0.2, 0) is 14.8 Å². The number of amides is 1. The molecule has 22 heavy (non-hydrogen) atoms. The second kappa shape index (κ2) is 7.63. The summed E-state index contributed by atoms with van der Waals surface area (Å²) < 4.78 is 25.3. The Labute approximate surface area is 133 Å². The van der Waals surface area contributed by atoms with Crippen molar-refractivity contribution in [1.29, 1.82) is 0 Å². The highest BCUT2D eigenvalue weighted by molar-refractivity contribution is 7.92. The van der Waals surface area contributed by atoms with Crippen molar-refractivity contribution in [1.82, 2.24) is 4.90 Å². The third-order valence-corrected chi connectivity index (χ3v) is 5.10. The lowest BCUT2D eigenvalue weighted by Gasteiger charge is -2.27. The van der Waals surface area contributed by atoms with Crippen LogP contribution in [0.3, 0.4) is 0 Å². The molecule has 1 amide bonds. The Morgan fingerprint density at radius 3 is 2.36 bits per heavy atom. The van der Waals surface area contributed by atoms with Crippen LogP contribution < -0.4 is 4.31 Å². The summed E-state index contributed by atoms with van der Waals surface area (Å²) in [5.41, 5.74) is 0.649. The third kappa shape index (κ3) is 4.73. The van der Waals surface area contributed by atoms with E-state index >= 15 is 0 Å². The van der Waals surface area contributed by atoms with Gasteiger partial charge in [0.25, 0.3) is 0 Å². The monoisotopic (exact) mass is 324 g/mol. The fourth-order valence-electron chi connectivity index (χ4n) is 2.76. The Bertz CT molecular complexity index is 581. The second-order valence-electron chi connectivity index (χ2n) is 5.72. The largest absolute Gasteiger partial charge is 0.343 e. The Hall–Kier alpha value is -1.56. The minimum atomic E-state index is -3.33. The molecule has 1 aliphatic rings. The van der Waals surface area contributed by atoms with Crippen molar-refractivity contribution in [2.45, 2.75) is 32.1 Å². The highest BCUT2D eigenvalue weighted by atomic mass is 32.2. The fraction of sp³-hybridized carbons (Fsp3) is 0.562. The summed E-state index contributed by atoms with van der Waals surface area (Å²) in [5, 5.41) is 0. The first-order valence-corrected chi connectivity index (χ1v) is 9.64. The van der Waals surface area contributed by atoms with E-state index in [0.717, 1.165) is 25.9 Å². The van der Waals surface area contributed by atoms with E-state index in [2.05, 4.69) is 0 Å². The molecule has 0 spiro atoms. The molecule has 1 aromatic carbocycles. The normalized spacial score (nSPS) is 15.6. The number of piperidine rings is 1. The first kappa shape index (κ1) is 16.8. The molecule has 0 radical (unpaired) electrons. The molecule has 5 nitrogen and oxygen atoms in total. The molecule has 1 aliphatic heterocycles. The van der Waals surface area contributed by atoms with Crippen LogP contribution in [0, 0.1) is 0 Å². The Balaban J connectivity index is 1.91. The van der Waals surface area contributed by atoms with Gasteiger partial charge in [0.2, 0.25) is 15.9 Å². The van der Waals surface area contributed by atoms with Crippen LogP contribution in [0.5, 0.6) is 0 Å². The van der Waals surface area contributed by atoms with E-state index in [1.165, 1.54) is 17.0 Å². The molecule has 0 bridgehead atoms. The number of anilines is 1. The van der Waals surface area contributed by atoms with E-state index in [1.807, 2.05) is 23.1 Å². The molecule has 1 aromatic rings. The molecule has 0 saturated carbocycles. The number of likely N-dealkylation sites (tertiary alicyclic amines) is 1. The van der Waals surface area contributed by atoms with E-state index in [1.54, 1.807) is 12.1 Å². The Kier molecular flexibility index (Phi) is 5.83. The van der Waals surface area contributed by atoms with Gasteiger partial charge in [-0.3, -0.25) is 9.10 Å². The van der Waals surface area contributed by atoms with E-state index in [4.69, 9.17) is 0 Å². The number of hydrogen-bond donors (Lipinski definition) is 0. The van der Waals surface area contributed by atoms with Gasteiger partial charge in [0, 0.05) is 26.1 Å². The van der Waals surface area contributed by atoms with E-state index < -0.39 is 10.0 Å². The zero-order valence-electron chi connectivity index (χ0n) is 13.1. The zero-order valence-corrected chi connectivity index (χ0v) is 13.9. The predicted molar refractivity (Wildman–Crippen MR) is 88.3 cm³/mol. The van der Waals surface area contributed by atoms with Crippen LogP contribution >= 0.6 is 0 Å². The summed E-state index contributed by atoms with van der Waals surface area (Å²) in [5.74, 6) is 0.140. The van der Waals surface area contributed by atoms with Crippen LogP contribution in [0.15, 0.2) is 30.3 Å². The van der Waals surface area contributed by atoms with Gasteiger partial charge >= 0.3 is 0 Å². The summed E-state index contributed by atoms with van der Waals surface area (Å²) in [6.45, 7) is 2.02. The minimum absolute atomic E-state index is 0.140. The number of carbonyl (C=O) groups excluding carboxylic acids is 1. The van der Waals surface area contributed by atoms with Crippen LogP contribution in [0.2, 0.25) is 0 Å². The molecule has 1 heterocycles. The lowest BCUT2D eigenvalue weighted by molar-refractivity contribution is -0.132. The summed E-state index contributed by atoms with van der Waals surface area (Å²) in [6, 6.07) is 9.02. The molecule has 0 unspecified atom stereocenters. The topological polar surface area (TPSA) is 57.7 Å². The smallest absolute Gasteiger partial charge is 0.232 e. The molecule has 1 saturated heterocycles. The van der Waals surface area contributed by atoms with Gasteiger partial charge in [-0.25, -0.2) is 8.42 Å². The van der Waals surface area contributed by atoms with Crippen LogP contribution in [-0.4, -0.2) is 45.1 Å². The summed E-state index contributed by atoms with van der Waals surface area (Å²) in [7, 11) is -3.33. The van der Waals surface area contributed by atoms with Gasteiger partial charge in [-0.2, -0.15) is 0 Å². The average Bonchev–Trinajstić information content (AvgIpc) is 2.52. The standard InChI is InChI=1S/C16H24N2O3S/c1-22(20,21)18(15-9-4-2-5-10-15)14-8-11-16(19)17-12-6-3-7-13-17/h2,4-5,9-10H,3,6-8,11-14H2,1H3. The number of sulfonamides is 1.